The van der Waals surface area contributed by atoms with Crippen LogP contribution in [-0.4, -0.2) is 0 Å². The molecule has 1 rings (SSSR count). The molecule has 0 amide bonds. The first-order valence-electron chi connectivity index (χ1n) is 7.94. The average molecular weight is 287 g/mol. The van der Waals surface area contributed by atoms with Gasteiger partial charge < -0.3 is 0 Å². The molecule has 0 heteroatoms. The molecule has 0 unspecified atom stereocenters. The molecule has 0 atom stereocenters. The smallest absolute Gasteiger partial charge is 0.0181 e. The highest BCUT2D eigenvalue weighted by molar-refractivity contribution is 5.74. The molecule has 0 radical (unpaired) electrons. The van der Waals surface area contributed by atoms with Gasteiger partial charge in [0.15, 0.2) is 0 Å². The highest BCUT2D eigenvalue weighted by atomic mass is 14.1. The van der Waals surface area contributed by atoms with E-state index in [1.165, 1.54) is 0 Å². The number of rotatable bonds is 4. The summed E-state index contributed by atoms with van der Waals surface area (Å²) in [6, 6.07) is 4.17. The maximum Gasteiger partial charge on any atom is -0.0181 e. The van der Waals surface area contributed by atoms with Crippen LogP contribution in [0.4, 0.5) is 0 Å². The summed E-state index contributed by atoms with van der Waals surface area (Å²) in [5.41, 5.74) is 4.47. The number of benzene rings is 1. The zero-order valence-corrected chi connectivity index (χ0v) is 15.2. The molecule has 1 aromatic rings. The van der Waals surface area contributed by atoms with Crippen molar-refractivity contribution in [2.45, 2.75) is 48.5 Å². The first-order valence-corrected chi connectivity index (χ1v) is 7.94. The molecule has 0 heterocycles. The third-order valence-electron chi connectivity index (χ3n) is 2.29. The van der Waals surface area contributed by atoms with Gasteiger partial charge in [0.2, 0.25) is 0 Å². The van der Waals surface area contributed by atoms with E-state index in [-0.39, 0.29) is 0 Å². The second kappa shape index (κ2) is 18.2. The Morgan fingerprint density at radius 2 is 0.905 bits per heavy atom. The molecule has 0 spiro atoms. The van der Waals surface area contributed by atoms with Crippen LogP contribution >= 0.6 is 0 Å². The molecule has 21 heavy (non-hydrogen) atoms. The van der Waals surface area contributed by atoms with E-state index in [2.05, 4.69) is 37.9 Å². The largest absolute Gasteiger partial charge is 0.0984 e. The Kier molecular flexibility index (Phi) is 21.0. The molecular weight excluding hydrogens is 252 g/mol. The minimum atomic E-state index is 1.09. The fourth-order valence-electron chi connectivity index (χ4n) is 1.52. The predicted molar refractivity (Wildman–Crippen MR) is 105 cm³/mol. The summed E-state index contributed by atoms with van der Waals surface area (Å²) in [4.78, 5) is 0. The Bertz CT molecular complexity index is 420. The first kappa shape index (κ1) is 24.2. The van der Waals surface area contributed by atoms with E-state index in [4.69, 9.17) is 0 Å². The third-order valence-corrected chi connectivity index (χ3v) is 2.29. The highest BCUT2D eigenvalue weighted by Gasteiger charge is 2.01. The normalized spacial score (nSPS) is 8.14. The molecule has 0 saturated carbocycles. The summed E-state index contributed by atoms with van der Waals surface area (Å²) < 4.78 is 0. The molecule has 0 nitrogen and oxygen atoms in total. The molecule has 0 N–H and O–H groups in total. The Labute approximate surface area is 133 Å². The summed E-state index contributed by atoms with van der Waals surface area (Å²) in [5.74, 6) is 0. The van der Waals surface area contributed by atoms with Crippen molar-refractivity contribution in [1.82, 2.24) is 0 Å². The topological polar surface area (TPSA) is 0 Å². The number of hydrogen-bond donors (Lipinski definition) is 0. The number of hydrogen-bond acceptors (Lipinski definition) is 0. The van der Waals surface area contributed by atoms with Crippen molar-refractivity contribution in [3.05, 3.63) is 60.2 Å². The fourth-order valence-corrected chi connectivity index (χ4v) is 1.52. The zero-order valence-electron chi connectivity index (χ0n) is 15.2. The van der Waals surface area contributed by atoms with Gasteiger partial charge in [0.25, 0.3) is 0 Å². The minimum absolute atomic E-state index is 1.09. The zero-order chi connectivity index (χ0) is 17.3. The molecule has 1 aromatic carbocycles. The van der Waals surface area contributed by atoms with Gasteiger partial charge in [-0.05, 0) is 41.3 Å². The van der Waals surface area contributed by atoms with Gasteiger partial charge in [-0.15, -0.1) is 0 Å². The molecule has 0 saturated heterocycles. The maximum atomic E-state index is 3.81. The van der Waals surface area contributed by atoms with E-state index in [0.29, 0.717) is 0 Å². The quantitative estimate of drug-likeness (QED) is 0.531. The second-order valence-corrected chi connectivity index (χ2v) is 3.22. The lowest BCUT2D eigenvalue weighted by Crippen LogP contribution is -1.87. The van der Waals surface area contributed by atoms with Crippen LogP contribution in [0.15, 0.2) is 37.9 Å². The molecule has 0 aliphatic carbocycles. The highest BCUT2D eigenvalue weighted by Crippen LogP contribution is 2.21. The lowest BCUT2D eigenvalue weighted by Gasteiger charge is -2.07. The van der Waals surface area contributed by atoms with E-state index in [1.54, 1.807) is 0 Å². The van der Waals surface area contributed by atoms with Gasteiger partial charge in [-0.3, -0.25) is 0 Å². The van der Waals surface area contributed by atoms with Gasteiger partial charge in [-0.1, -0.05) is 91.7 Å². The molecular formula is C21H34. The van der Waals surface area contributed by atoms with Gasteiger partial charge in [0.1, 0.15) is 0 Å². The van der Waals surface area contributed by atoms with Crippen LogP contribution < -0.4 is 0 Å². The summed E-state index contributed by atoms with van der Waals surface area (Å²) in [5, 5.41) is 0. The second-order valence-electron chi connectivity index (χ2n) is 3.22. The molecule has 118 valence electrons. The van der Waals surface area contributed by atoms with Gasteiger partial charge in [0.05, 0.1) is 0 Å². The van der Waals surface area contributed by atoms with Crippen molar-refractivity contribution in [3.8, 4) is 0 Å². The van der Waals surface area contributed by atoms with E-state index >= 15 is 0 Å². The third kappa shape index (κ3) is 8.86. The number of allylic oxidation sites excluding steroid dienone is 1. The summed E-state index contributed by atoms with van der Waals surface area (Å²) in [7, 11) is 0. The molecule has 0 bridgehead atoms. The molecule has 0 fully saturated rings. The van der Waals surface area contributed by atoms with E-state index < -0.39 is 0 Å². The van der Waals surface area contributed by atoms with Crippen LogP contribution in [0.3, 0.4) is 0 Å². The summed E-state index contributed by atoms with van der Waals surface area (Å²) in [6.07, 6.45) is 9.62. The Balaban J connectivity index is -0.000000478. The average Bonchev–Trinajstić information content (AvgIpc) is 2.60. The van der Waals surface area contributed by atoms with Crippen molar-refractivity contribution >= 4 is 24.3 Å². The summed E-state index contributed by atoms with van der Waals surface area (Å²) >= 11 is 0. The van der Waals surface area contributed by atoms with Crippen LogP contribution in [0.2, 0.25) is 0 Å². The lowest BCUT2D eigenvalue weighted by molar-refractivity contribution is 1.50. The molecule has 0 aromatic heterocycles. The lowest BCUT2D eigenvalue weighted by atomic mass is 9.98. The van der Waals surface area contributed by atoms with Gasteiger partial charge in [-0.2, -0.15) is 0 Å². The Morgan fingerprint density at radius 3 is 1.19 bits per heavy atom. The van der Waals surface area contributed by atoms with Crippen LogP contribution in [0, 0.1) is 0 Å². The van der Waals surface area contributed by atoms with E-state index in [1.807, 2.05) is 72.8 Å². The van der Waals surface area contributed by atoms with Crippen molar-refractivity contribution in [1.29, 1.82) is 0 Å². The Hall–Kier alpha value is -1.82. The van der Waals surface area contributed by atoms with Gasteiger partial charge in [-0.25, -0.2) is 0 Å². The summed E-state index contributed by atoms with van der Waals surface area (Å²) in [6.45, 7) is 25.4. The molecule has 0 aliphatic heterocycles. The van der Waals surface area contributed by atoms with Crippen molar-refractivity contribution in [2.75, 3.05) is 0 Å². The van der Waals surface area contributed by atoms with Crippen LogP contribution in [0.25, 0.3) is 24.3 Å². The predicted octanol–water partition coefficient (Wildman–Crippen LogP) is 7.73. The van der Waals surface area contributed by atoms with Gasteiger partial charge >= 0.3 is 0 Å². The van der Waals surface area contributed by atoms with E-state index in [0.717, 1.165) is 22.3 Å². The SMILES string of the molecule is C=Cc1cc(C=C)c(/C=C\C)cc1C=C.CC.CC.CC. The molecule has 0 aliphatic rings. The fraction of sp³-hybridized carbons (Fsp3) is 0.333. The standard InChI is InChI=1S/C15H16.3C2H6/c1-5-9-15-11-13(7-3)12(6-2)10-14(15)8-4;3*1-2/h5-11H,2-4H2,1H3;3*1-2H3/b9-5-;;;. The maximum absolute atomic E-state index is 3.81. The monoisotopic (exact) mass is 286 g/mol. The Morgan fingerprint density at radius 1 is 0.619 bits per heavy atom. The minimum Gasteiger partial charge on any atom is -0.0984 e. The van der Waals surface area contributed by atoms with E-state index in [9.17, 15) is 0 Å². The van der Waals surface area contributed by atoms with Crippen LogP contribution in [-0.2, 0) is 0 Å². The van der Waals surface area contributed by atoms with Crippen molar-refractivity contribution in [2.24, 2.45) is 0 Å². The van der Waals surface area contributed by atoms with Crippen LogP contribution in [0.5, 0.6) is 0 Å². The first-order chi connectivity index (χ1) is 10.3. The van der Waals surface area contributed by atoms with Crippen molar-refractivity contribution in [3.63, 3.8) is 0 Å². The van der Waals surface area contributed by atoms with Crippen molar-refractivity contribution < 1.29 is 0 Å². The van der Waals surface area contributed by atoms with Crippen LogP contribution in [0.1, 0.15) is 70.7 Å². The van der Waals surface area contributed by atoms with Gasteiger partial charge in [0, 0.05) is 0 Å².